The van der Waals surface area contributed by atoms with Gasteiger partial charge in [0.25, 0.3) is 5.91 Å². The van der Waals surface area contributed by atoms with Gasteiger partial charge in [-0.15, -0.1) is 0 Å². The Morgan fingerprint density at radius 1 is 1.17 bits per heavy atom. The molecular weight excluding hydrogens is 406 g/mol. The van der Waals surface area contributed by atoms with Gasteiger partial charge in [0.1, 0.15) is 18.0 Å². The maximum atomic E-state index is 12.3. The van der Waals surface area contributed by atoms with Gasteiger partial charge in [0.05, 0.1) is 31.9 Å². The van der Waals surface area contributed by atoms with Gasteiger partial charge in [0.15, 0.2) is 0 Å². The molecule has 30 heavy (non-hydrogen) atoms. The molecule has 0 heterocycles. The van der Waals surface area contributed by atoms with Crippen LogP contribution in [0.1, 0.15) is 25.3 Å². The summed E-state index contributed by atoms with van der Waals surface area (Å²) in [5.41, 5.74) is 3.39. The molecule has 1 amide bonds. The van der Waals surface area contributed by atoms with Crippen LogP contribution in [0.4, 0.5) is 5.69 Å². The third-order valence-electron chi connectivity index (χ3n) is 4.09. The van der Waals surface area contributed by atoms with Crippen molar-refractivity contribution in [2.45, 2.75) is 19.8 Å². The fourth-order valence-electron chi connectivity index (χ4n) is 2.55. The Morgan fingerprint density at radius 2 is 1.87 bits per heavy atom. The first-order valence-corrected chi connectivity index (χ1v) is 11.4. The van der Waals surface area contributed by atoms with Gasteiger partial charge in [-0.1, -0.05) is 25.5 Å². The lowest BCUT2D eigenvalue weighted by Gasteiger charge is -2.23. The third-order valence-corrected chi connectivity index (χ3v) is 5.22. The zero-order chi connectivity index (χ0) is 22.0. The van der Waals surface area contributed by atoms with Crippen LogP contribution in [0.15, 0.2) is 53.6 Å². The maximum absolute atomic E-state index is 12.3. The number of hydrazone groups is 1. The summed E-state index contributed by atoms with van der Waals surface area (Å²) in [5, 5.41) is 3.90. The summed E-state index contributed by atoms with van der Waals surface area (Å²) in [4.78, 5) is 12.3. The van der Waals surface area contributed by atoms with Gasteiger partial charge in [-0.2, -0.15) is 5.10 Å². The average molecular weight is 434 g/mol. The summed E-state index contributed by atoms with van der Waals surface area (Å²) in [6.07, 6.45) is 4.56. The van der Waals surface area contributed by atoms with Gasteiger partial charge >= 0.3 is 0 Å². The first-order chi connectivity index (χ1) is 14.3. The molecule has 0 aliphatic heterocycles. The monoisotopic (exact) mass is 433 g/mol. The van der Waals surface area contributed by atoms with Crippen LogP contribution in [0.3, 0.4) is 0 Å². The molecule has 0 saturated carbocycles. The molecule has 9 heteroatoms. The Labute approximate surface area is 177 Å². The summed E-state index contributed by atoms with van der Waals surface area (Å²) < 4.78 is 36.2. The highest BCUT2D eigenvalue weighted by atomic mass is 32.2. The number of nitrogens with zero attached hydrogens (tertiary/aromatic N) is 2. The molecule has 0 spiro atoms. The number of hydrogen-bond donors (Lipinski definition) is 1. The highest BCUT2D eigenvalue weighted by molar-refractivity contribution is 7.92. The molecule has 1 N–H and O–H groups in total. The summed E-state index contributed by atoms with van der Waals surface area (Å²) in [7, 11) is -2.28. The second-order valence-electron chi connectivity index (χ2n) is 6.51. The largest absolute Gasteiger partial charge is 0.495 e. The minimum Gasteiger partial charge on any atom is -0.495 e. The van der Waals surface area contributed by atoms with E-state index in [9.17, 15) is 13.2 Å². The van der Waals surface area contributed by atoms with Crippen molar-refractivity contribution in [1.29, 1.82) is 0 Å². The summed E-state index contributed by atoms with van der Waals surface area (Å²) >= 11 is 0. The van der Waals surface area contributed by atoms with Crippen molar-refractivity contribution < 1.29 is 22.7 Å². The number of hydrogen-bond acceptors (Lipinski definition) is 6. The first-order valence-electron chi connectivity index (χ1n) is 9.50. The van der Waals surface area contributed by atoms with Crippen LogP contribution in [-0.2, 0) is 14.8 Å². The fraction of sp³-hybridized carbons (Fsp3) is 0.333. The lowest BCUT2D eigenvalue weighted by molar-refractivity contribution is -0.119. The molecule has 0 saturated heterocycles. The number of sulfonamides is 1. The van der Waals surface area contributed by atoms with Gasteiger partial charge in [-0.3, -0.25) is 9.10 Å². The quantitative estimate of drug-likeness (QED) is 0.334. The number of benzene rings is 2. The molecular formula is C21H27N3O5S. The van der Waals surface area contributed by atoms with Crippen molar-refractivity contribution >= 4 is 27.8 Å². The van der Waals surface area contributed by atoms with Crippen LogP contribution in [0.5, 0.6) is 11.5 Å². The molecule has 0 bridgehead atoms. The highest BCUT2D eigenvalue weighted by Crippen LogP contribution is 2.29. The Bertz CT molecular complexity index is 959. The Balaban J connectivity index is 1.99. The van der Waals surface area contributed by atoms with E-state index in [1.807, 2.05) is 24.3 Å². The topological polar surface area (TPSA) is 97.3 Å². The van der Waals surface area contributed by atoms with Crippen LogP contribution >= 0.6 is 0 Å². The molecule has 0 atom stereocenters. The molecule has 0 unspecified atom stereocenters. The van der Waals surface area contributed by atoms with Gasteiger partial charge in [-0.05, 0) is 48.4 Å². The number of para-hydroxylation sites is 2. The minimum absolute atomic E-state index is 0.278. The number of amides is 1. The van der Waals surface area contributed by atoms with Crippen molar-refractivity contribution in [2.24, 2.45) is 5.10 Å². The van der Waals surface area contributed by atoms with E-state index in [0.717, 1.165) is 34.7 Å². The summed E-state index contributed by atoms with van der Waals surface area (Å²) in [6.45, 7) is 2.34. The van der Waals surface area contributed by atoms with E-state index in [-0.39, 0.29) is 5.69 Å². The molecule has 2 rings (SSSR count). The van der Waals surface area contributed by atoms with Crippen molar-refractivity contribution in [2.75, 3.05) is 30.8 Å². The number of methoxy groups -OCH3 is 1. The van der Waals surface area contributed by atoms with Gasteiger partial charge in [0.2, 0.25) is 10.0 Å². The SMILES string of the molecule is CCCCOc1ccc(/C=N\NC(=O)CN(c2ccccc2OC)S(C)(=O)=O)cc1. The number of carbonyl (C=O) groups excluding carboxylic acids is 1. The lowest BCUT2D eigenvalue weighted by Crippen LogP contribution is -2.39. The third kappa shape index (κ3) is 7.07. The predicted octanol–water partition coefficient (Wildman–Crippen LogP) is 2.79. The molecule has 2 aromatic carbocycles. The molecule has 162 valence electrons. The van der Waals surface area contributed by atoms with E-state index in [0.29, 0.717) is 12.4 Å². The molecule has 8 nitrogen and oxygen atoms in total. The molecule has 0 aliphatic rings. The van der Waals surface area contributed by atoms with Crippen LogP contribution in [0.2, 0.25) is 0 Å². The van der Waals surface area contributed by atoms with Crippen LogP contribution < -0.4 is 19.2 Å². The lowest BCUT2D eigenvalue weighted by atomic mass is 10.2. The van der Waals surface area contributed by atoms with Gasteiger partial charge < -0.3 is 9.47 Å². The second-order valence-corrected chi connectivity index (χ2v) is 8.41. The summed E-state index contributed by atoms with van der Waals surface area (Å²) in [5.74, 6) is 0.535. The summed E-state index contributed by atoms with van der Waals surface area (Å²) in [6, 6.07) is 13.9. The van der Waals surface area contributed by atoms with Gasteiger partial charge in [0, 0.05) is 0 Å². The molecule has 0 fully saturated rings. The van der Waals surface area contributed by atoms with Crippen LogP contribution in [-0.4, -0.2) is 47.1 Å². The standard InChI is InChI=1S/C21H27N3O5S/c1-4-5-14-29-18-12-10-17(11-13-18)15-22-23-21(25)16-24(30(3,26)27)19-8-6-7-9-20(19)28-2/h6-13,15H,4-5,14,16H2,1-3H3,(H,23,25)/b22-15-. The number of ether oxygens (including phenoxy) is 2. The van der Waals surface area contributed by atoms with E-state index < -0.39 is 22.5 Å². The number of carbonyl (C=O) groups is 1. The van der Waals surface area contributed by atoms with E-state index in [1.54, 1.807) is 24.3 Å². The van der Waals surface area contributed by atoms with Crippen molar-refractivity contribution in [3.05, 3.63) is 54.1 Å². The molecule has 2 aromatic rings. The molecule has 0 radical (unpaired) electrons. The minimum atomic E-state index is -3.71. The average Bonchev–Trinajstić information content (AvgIpc) is 2.72. The zero-order valence-electron chi connectivity index (χ0n) is 17.4. The van der Waals surface area contributed by atoms with E-state index in [4.69, 9.17) is 9.47 Å². The highest BCUT2D eigenvalue weighted by Gasteiger charge is 2.23. The maximum Gasteiger partial charge on any atom is 0.260 e. The van der Waals surface area contributed by atoms with Crippen LogP contribution in [0.25, 0.3) is 0 Å². The van der Waals surface area contributed by atoms with Gasteiger partial charge in [-0.25, -0.2) is 13.8 Å². The zero-order valence-corrected chi connectivity index (χ0v) is 18.2. The number of unbranched alkanes of at least 4 members (excludes halogenated alkanes) is 1. The predicted molar refractivity (Wildman–Crippen MR) is 118 cm³/mol. The Kier molecular flexibility index (Phi) is 8.67. The van der Waals surface area contributed by atoms with Crippen molar-refractivity contribution in [3.8, 4) is 11.5 Å². The number of rotatable bonds is 11. The molecule has 0 aromatic heterocycles. The Hall–Kier alpha value is -3.07. The Morgan fingerprint density at radius 3 is 2.50 bits per heavy atom. The van der Waals surface area contributed by atoms with E-state index >= 15 is 0 Å². The number of nitrogens with one attached hydrogen (secondary N) is 1. The smallest absolute Gasteiger partial charge is 0.260 e. The van der Waals surface area contributed by atoms with E-state index in [2.05, 4.69) is 17.5 Å². The molecule has 0 aliphatic carbocycles. The number of anilines is 1. The first kappa shape index (κ1) is 23.2. The second kappa shape index (κ2) is 11.2. The van der Waals surface area contributed by atoms with Crippen molar-refractivity contribution in [1.82, 2.24) is 5.43 Å². The van der Waals surface area contributed by atoms with Crippen molar-refractivity contribution in [3.63, 3.8) is 0 Å². The fourth-order valence-corrected chi connectivity index (χ4v) is 3.41. The van der Waals surface area contributed by atoms with Crippen LogP contribution in [0, 0.1) is 0 Å². The normalized spacial score (nSPS) is 11.3. The van der Waals surface area contributed by atoms with E-state index in [1.165, 1.54) is 13.3 Å².